The van der Waals surface area contributed by atoms with Crippen LogP contribution in [0.5, 0.6) is 0 Å². The molecule has 2 heterocycles. The van der Waals surface area contributed by atoms with Crippen molar-refractivity contribution in [1.29, 1.82) is 5.26 Å². The van der Waals surface area contributed by atoms with Gasteiger partial charge in [0.2, 0.25) is 0 Å². The molecule has 0 bridgehead atoms. The average Bonchev–Trinajstić information content (AvgIpc) is 2.30. The van der Waals surface area contributed by atoms with E-state index < -0.39 is 0 Å². The molecule has 1 aromatic heterocycles. The van der Waals surface area contributed by atoms with Crippen LogP contribution in [0.15, 0.2) is 24.3 Å². The summed E-state index contributed by atoms with van der Waals surface area (Å²) in [7, 11) is 0. The van der Waals surface area contributed by atoms with E-state index >= 15 is 0 Å². The van der Waals surface area contributed by atoms with Crippen molar-refractivity contribution in [3.05, 3.63) is 30.0 Å². The number of hydrogen-bond donors (Lipinski definition) is 0. The second-order valence-corrected chi connectivity index (χ2v) is 3.09. The van der Waals surface area contributed by atoms with Gasteiger partial charge >= 0.3 is 0 Å². The van der Waals surface area contributed by atoms with E-state index in [2.05, 4.69) is 27.2 Å². The van der Waals surface area contributed by atoms with Crippen molar-refractivity contribution in [3.8, 4) is 6.07 Å². The maximum Gasteiger partial charge on any atom is 0.163 e. The summed E-state index contributed by atoms with van der Waals surface area (Å²) in [4.78, 5) is 2.13. The molecule has 0 N–H and O–H groups in total. The highest BCUT2D eigenvalue weighted by atomic mass is 15.3. The monoisotopic (exact) mass is 186 g/mol. The maximum absolute atomic E-state index is 8.56. The minimum absolute atomic E-state index is 0.362. The van der Waals surface area contributed by atoms with Crippen LogP contribution in [0.1, 0.15) is 12.1 Å². The van der Waals surface area contributed by atoms with Gasteiger partial charge in [0.15, 0.2) is 11.5 Å². The molecule has 4 heteroatoms. The van der Waals surface area contributed by atoms with Crippen molar-refractivity contribution in [2.75, 3.05) is 18.0 Å². The average molecular weight is 186 g/mol. The van der Waals surface area contributed by atoms with Gasteiger partial charge in [0.1, 0.15) is 6.07 Å². The molecule has 1 aliphatic rings. The SMILES string of the molecule is N#Cc1ccc(N2CC=CCC2)nn1. The molecule has 4 nitrogen and oxygen atoms in total. The Morgan fingerprint density at radius 2 is 2.21 bits per heavy atom. The van der Waals surface area contributed by atoms with Gasteiger partial charge in [0.25, 0.3) is 0 Å². The van der Waals surface area contributed by atoms with E-state index in [1.807, 2.05) is 12.1 Å². The summed E-state index contributed by atoms with van der Waals surface area (Å²) in [5.41, 5.74) is 0.362. The summed E-state index contributed by atoms with van der Waals surface area (Å²) in [5.74, 6) is 0.841. The number of anilines is 1. The third kappa shape index (κ3) is 1.72. The van der Waals surface area contributed by atoms with Gasteiger partial charge in [-0.05, 0) is 18.6 Å². The minimum Gasteiger partial charge on any atom is -0.351 e. The van der Waals surface area contributed by atoms with Gasteiger partial charge in [-0.1, -0.05) is 12.2 Å². The molecule has 0 spiro atoms. The van der Waals surface area contributed by atoms with E-state index in [-0.39, 0.29) is 0 Å². The fourth-order valence-corrected chi connectivity index (χ4v) is 1.40. The molecule has 0 unspecified atom stereocenters. The summed E-state index contributed by atoms with van der Waals surface area (Å²) in [5, 5.41) is 16.3. The Kier molecular flexibility index (Phi) is 2.41. The van der Waals surface area contributed by atoms with Crippen molar-refractivity contribution in [3.63, 3.8) is 0 Å². The van der Waals surface area contributed by atoms with Crippen molar-refractivity contribution < 1.29 is 0 Å². The first kappa shape index (κ1) is 8.70. The summed E-state index contributed by atoms with van der Waals surface area (Å²) in [6, 6.07) is 5.48. The summed E-state index contributed by atoms with van der Waals surface area (Å²) in [6.07, 6.45) is 5.32. The van der Waals surface area contributed by atoms with Gasteiger partial charge in [-0.25, -0.2) is 0 Å². The van der Waals surface area contributed by atoms with Crippen LogP contribution in [0.3, 0.4) is 0 Å². The van der Waals surface area contributed by atoms with Crippen LogP contribution in [-0.4, -0.2) is 23.3 Å². The zero-order valence-electron chi connectivity index (χ0n) is 7.72. The summed E-state index contributed by atoms with van der Waals surface area (Å²) < 4.78 is 0. The second-order valence-electron chi connectivity index (χ2n) is 3.09. The van der Waals surface area contributed by atoms with Crippen molar-refractivity contribution in [2.45, 2.75) is 6.42 Å². The molecule has 0 atom stereocenters. The highest BCUT2D eigenvalue weighted by Gasteiger charge is 2.08. The van der Waals surface area contributed by atoms with Crippen LogP contribution >= 0.6 is 0 Å². The Labute approximate surface area is 82.5 Å². The predicted molar refractivity (Wildman–Crippen MR) is 52.7 cm³/mol. The Balaban J connectivity index is 2.17. The molecule has 0 aliphatic carbocycles. The van der Waals surface area contributed by atoms with Crippen LogP contribution in [-0.2, 0) is 0 Å². The topological polar surface area (TPSA) is 52.8 Å². The summed E-state index contributed by atoms with van der Waals surface area (Å²) >= 11 is 0. The molecule has 0 aromatic carbocycles. The fourth-order valence-electron chi connectivity index (χ4n) is 1.40. The highest BCUT2D eigenvalue weighted by Crippen LogP contribution is 2.12. The van der Waals surface area contributed by atoms with Gasteiger partial charge in [-0.15, -0.1) is 10.2 Å². The number of rotatable bonds is 1. The van der Waals surface area contributed by atoms with Crippen LogP contribution in [0.25, 0.3) is 0 Å². The van der Waals surface area contributed by atoms with Crippen molar-refractivity contribution >= 4 is 5.82 Å². The smallest absolute Gasteiger partial charge is 0.163 e. The lowest BCUT2D eigenvalue weighted by Crippen LogP contribution is -2.27. The van der Waals surface area contributed by atoms with E-state index in [1.54, 1.807) is 6.07 Å². The van der Waals surface area contributed by atoms with Gasteiger partial charge in [-0.3, -0.25) is 0 Å². The fraction of sp³-hybridized carbons (Fsp3) is 0.300. The quantitative estimate of drug-likeness (QED) is 0.616. The van der Waals surface area contributed by atoms with Crippen molar-refractivity contribution in [1.82, 2.24) is 10.2 Å². The lowest BCUT2D eigenvalue weighted by atomic mass is 10.2. The molecule has 0 amide bonds. The van der Waals surface area contributed by atoms with E-state index in [4.69, 9.17) is 5.26 Å². The van der Waals surface area contributed by atoms with Crippen LogP contribution in [0.2, 0.25) is 0 Å². The zero-order chi connectivity index (χ0) is 9.80. The lowest BCUT2D eigenvalue weighted by Gasteiger charge is -2.23. The number of hydrogen-bond acceptors (Lipinski definition) is 4. The molecule has 1 aromatic rings. The number of nitriles is 1. The molecule has 70 valence electrons. The Hall–Kier alpha value is -1.89. The van der Waals surface area contributed by atoms with E-state index in [0.29, 0.717) is 5.69 Å². The Morgan fingerprint density at radius 1 is 1.29 bits per heavy atom. The second kappa shape index (κ2) is 3.88. The molecule has 0 fully saturated rings. The van der Waals surface area contributed by atoms with Gasteiger partial charge in [0, 0.05) is 13.1 Å². The highest BCUT2D eigenvalue weighted by molar-refractivity contribution is 5.40. The van der Waals surface area contributed by atoms with Gasteiger partial charge < -0.3 is 4.90 Å². The molecule has 0 saturated heterocycles. The largest absolute Gasteiger partial charge is 0.351 e. The number of aromatic nitrogens is 2. The standard InChI is InChI=1S/C10H10N4/c11-8-9-4-5-10(13-12-9)14-6-2-1-3-7-14/h1-2,4-5H,3,6-7H2. The Morgan fingerprint density at radius 3 is 2.79 bits per heavy atom. The molecule has 0 saturated carbocycles. The molecule has 14 heavy (non-hydrogen) atoms. The van der Waals surface area contributed by atoms with E-state index in [0.717, 1.165) is 25.3 Å². The van der Waals surface area contributed by atoms with Crippen LogP contribution < -0.4 is 4.90 Å². The van der Waals surface area contributed by atoms with Gasteiger partial charge in [0.05, 0.1) is 0 Å². The normalized spacial score (nSPS) is 15.2. The van der Waals surface area contributed by atoms with Crippen LogP contribution in [0.4, 0.5) is 5.82 Å². The third-order valence-corrected chi connectivity index (χ3v) is 2.15. The van der Waals surface area contributed by atoms with E-state index in [1.165, 1.54) is 0 Å². The number of nitrogens with zero attached hydrogens (tertiary/aromatic N) is 4. The zero-order valence-corrected chi connectivity index (χ0v) is 7.72. The first-order valence-corrected chi connectivity index (χ1v) is 4.54. The Bertz CT molecular complexity index is 374. The molecular weight excluding hydrogens is 176 g/mol. The first-order chi connectivity index (χ1) is 6.90. The molecule has 0 radical (unpaired) electrons. The van der Waals surface area contributed by atoms with E-state index in [9.17, 15) is 0 Å². The lowest BCUT2D eigenvalue weighted by molar-refractivity contribution is 0.789. The molecular formula is C10H10N4. The third-order valence-electron chi connectivity index (χ3n) is 2.15. The minimum atomic E-state index is 0.362. The molecule has 1 aliphatic heterocycles. The first-order valence-electron chi connectivity index (χ1n) is 4.54. The predicted octanol–water partition coefficient (Wildman–Crippen LogP) is 1.11. The van der Waals surface area contributed by atoms with Gasteiger partial charge in [-0.2, -0.15) is 5.26 Å². The van der Waals surface area contributed by atoms with Crippen LogP contribution in [0, 0.1) is 11.3 Å². The molecule has 2 rings (SSSR count). The maximum atomic E-state index is 8.56. The summed E-state index contributed by atoms with van der Waals surface area (Å²) in [6.45, 7) is 1.84. The van der Waals surface area contributed by atoms with Crippen molar-refractivity contribution in [2.24, 2.45) is 0 Å².